The lowest BCUT2D eigenvalue weighted by molar-refractivity contribution is 0.220. The summed E-state index contributed by atoms with van der Waals surface area (Å²) < 4.78 is 0. The number of nitrogens with zero attached hydrogens (tertiary/aromatic N) is 3. The predicted molar refractivity (Wildman–Crippen MR) is 36.3 cm³/mol. The standard InChI is InChI=1S/C5H12N4/c1-4-7-9(8-6)5(2)3/h4-6H,1-3H3/b7-4-,8-6?. The molecule has 0 saturated carbocycles. The molecule has 52 valence electrons. The first-order valence-electron chi connectivity index (χ1n) is 2.87. The third-order valence-corrected chi connectivity index (χ3v) is 0.798. The van der Waals surface area contributed by atoms with Gasteiger partial charge in [-0.3, -0.25) is 0 Å². The smallest absolute Gasteiger partial charge is 0.0677 e. The lowest BCUT2D eigenvalue weighted by Crippen LogP contribution is -2.18. The first-order valence-corrected chi connectivity index (χ1v) is 2.87. The summed E-state index contributed by atoms with van der Waals surface area (Å²) in [5.41, 5.74) is 6.63. The average molecular weight is 128 g/mol. The molecule has 0 spiro atoms. The SMILES string of the molecule is C/C=N\N(N=N)C(C)C. The van der Waals surface area contributed by atoms with E-state index in [4.69, 9.17) is 5.53 Å². The van der Waals surface area contributed by atoms with Crippen molar-refractivity contribution in [3.8, 4) is 0 Å². The van der Waals surface area contributed by atoms with Crippen LogP contribution in [0.5, 0.6) is 0 Å². The molecule has 0 bridgehead atoms. The Balaban J connectivity index is 3.82. The van der Waals surface area contributed by atoms with Gasteiger partial charge in [-0.15, -0.1) is 0 Å². The van der Waals surface area contributed by atoms with Crippen LogP contribution in [0, 0.1) is 5.53 Å². The molecule has 0 aromatic heterocycles. The van der Waals surface area contributed by atoms with Gasteiger partial charge in [-0.25, -0.2) is 0 Å². The van der Waals surface area contributed by atoms with Crippen molar-refractivity contribution < 1.29 is 0 Å². The van der Waals surface area contributed by atoms with Crippen molar-refractivity contribution in [2.75, 3.05) is 0 Å². The molecule has 0 heterocycles. The molecular weight excluding hydrogens is 116 g/mol. The monoisotopic (exact) mass is 128 g/mol. The molecule has 0 aromatic carbocycles. The number of nitrogens with one attached hydrogen (secondary N) is 1. The summed E-state index contributed by atoms with van der Waals surface area (Å²) >= 11 is 0. The highest BCUT2D eigenvalue weighted by molar-refractivity contribution is 5.52. The molecule has 0 unspecified atom stereocenters. The zero-order valence-electron chi connectivity index (χ0n) is 6.00. The van der Waals surface area contributed by atoms with Crippen LogP contribution in [-0.2, 0) is 0 Å². The Bertz CT molecular complexity index is 108. The summed E-state index contributed by atoms with van der Waals surface area (Å²) in [5, 5.41) is 8.29. The minimum atomic E-state index is 0.165. The fourth-order valence-corrected chi connectivity index (χ4v) is 0.393. The van der Waals surface area contributed by atoms with E-state index in [-0.39, 0.29) is 6.04 Å². The van der Waals surface area contributed by atoms with Crippen LogP contribution in [0.25, 0.3) is 0 Å². The summed E-state index contributed by atoms with van der Waals surface area (Å²) in [4.78, 5) is 0. The zero-order chi connectivity index (χ0) is 7.28. The fourth-order valence-electron chi connectivity index (χ4n) is 0.393. The second-order valence-corrected chi connectivity index (χ2v) is 1.89. The molecule has 0 amide bonds. The van der Waals surface area contributed by atoms with Gasteiger partial charge in [0.1, 0.15) is 0 Å². The molecule has 0 radical (unpaired) electrons. The van der Waals surface area contributed by atoms with Crippen LogP contribution in [-0.4, -0.2) is 17.4 Å². The van der Waals surface area contributed by atoms with Gasteiger partial charge in [-0.2, -0.15) is 15.8 Å². The molecule has 0 aliphatic heterocycles. The van der Waals surface area contributed by atoms with Crippen molar-refractivity contribution >= 4 is 6.21 Å². The van der Waals surface area contributed by atoms with Gasteiger partial charge in [0.2, 0.25) is 0 Å². The van der Waals surface area contributed by atoms with Gasteiger partial charge in [0.25, 0.3) is 0 Å². The summed E-state index contributed by atoms with van der Waals surface area (Å²) in [6.07, 6.45) is 1.61. The average Bonchev–Trinajstić information content (AvgIpc) is 1.82. The molecular formula is C5H12N4. The summed E-state index contributed by atoms with van der Waals surface area (Å²) in [7, 11) is 0. The highest BCUT2D eigenvalue weighted by Crippen LogP contribution is 1.96. The van der Waals surface area contributed by atoms with Crippen molar-refractivity contribution in [2.45, 2.75) is 26.8 Å². The van der Waals surface area contributed by atoms with E-state index >= 15 is 0 Å². The Morgan fingerprint density at radius 3 is 2.22 bits per heavy atom. The van der Waals surface area contributed by atoms with E-state index in [0.717, 1.165) is 0 Å². The van der Waals surface area contributed by atoms with Gasteiger partial charge in [-0.1, -0.05) is 5.22 Å². The van der Waals surface area contributed by atoms with E-state index in [1.165, 1.54) is 5.12 Å². The lowest BCUT2D eigenvalue weighted by atomic mass is 10.4. The molecule has 0 saturated heterocycles. The van der Waals surface area contributed by atoms with E-state index < -0.39 is 0 Å². The molecule has 0 rings (SSSR count). The molecule has 0 aliphatic rings. The Kier molecular flexibility index (Phi) is 3.59. The van der Waals surface area contributed by atoms with Crippen molar-refractivity contribution in [2.24, 2.45) is 10.3 Å². The molecule has 4 heteroatoms. The van der Waals surface area contributed by atoms with Gasteiger partial charge in [0.15, 0.2) is 0 Å². The minimum absolute atomic E-state index is 0.165. The Morgan fingerprint density at radius 1 is 1.56 bits per heavy atom. The first kappa shape index (κ1) is 8.07. The molecule has 1 N–H and O–H groups in total. The van der Waals surface area contributed by atoms with Crippen LogP contribution in [0.3, 0.4) is 0 Å². The topological polar surface area (TPSA) is 51.8 Å². The maximum absolute atomic E-state index is 6.63. The van der Waals surface area contributed by atoms with Crippen molar-refractivity contribution in [1.82, 2.24) is 5.12 Å². The first-order chi connectivity index (χ1) is 4.22. The number of hydrogen-bond donors (Lipinski definition) is 1. The predicted octanol–water partition coefficient (Wildman–Crippen LogP) is 1.65. The van der Waals surface area contributed by atoms with Gasteiger partial charge in [0.05, 0.1) is 6.04 Å². The molecule has 0 aromatic rings. The lowest BCUT2D eigenvalue weighted by Gasteiger charge is -2.13. The van der Waals surface area contributed by atoms with Gasteiger partial charge >= 0.3 is 0 Å². The molecule has 0 aliphatic carbocycles. The normalized spacial score (nSPS) is 10.7. The maximum atomic E-state index is 6.63. The van der Waals surface area contributed by atoms with Crippen molar-refractivity contribution in [1.29, 1.82) is 5.53 Å². The van der Waals surface area contributed by atoms with Gasteiger partial charge < -0.3 is 0 Å². The van der Waals surface area contributed by atoms with Crippen LogP contribution >= 0.6 is 0 Å². The van der Waals surface area contributed by atoms with E-state index in [1.54, 1.807) is 13.1 Å². The second-order valence-electron chi connectivity index (χ2n) is 1.89. The minimum Gasteiger partial charge on any atom is -0.185 e. The van der Waals surface area contributed by atoms with Crippen LogP contribution < -0.4 is 0 Å². The fraction of sp³-hybridized carbons (Fsp3) is 0.800. The number of hydrazone groups is 1. The van der Waals surface area contributed by atoms with Crippen LogP contribution in [0.4, 0.5) is 0 Å². The van der Waals surface area contributed by atoms with E-state index in [1.807, 2.05) is 13.8 Å². The Hall–Kier alpha value is -0.930. The molecule has 0 atom stereocenters. The van der Waals surface area contributed by atoms with E-state index in [0.29, 0.717) is 0 Å². The molecule has 4 nitrogen and oxygen atoms in total. The largest absolute Gasteiger partial charge is 0.185 e. The Labute approximate surface area is 55.0 Å². The molecule has 9 heavy (non-hydrogen) atoms. The van der Waals surface area contributed by atoms with Crippen LogP contribution in [0.2, 0.25) is 0 Å². The summed E-state index contributed by atoms with van der Waals surface area (Å²) in [5.74, 6) is 0. The highest BCUT2D eigenvalue weighted by atomic mass is 15.7. The zero-order valence-corrected chi connectivity index (χ0v) is 6.00. The van der Waals surface area contributed by atoms with E-state index in [2.05, 4.69) is 10.3 Å². The highest BCUT2D eigenvalue weighted by Gasteiger charge is 2.00. The summed E-state index contributed by atoms with van der Waals surface area (Å²) in [6.45, 7) is 5.64. The third-order valence-electron chi connectivity index (χ3n) is 0.798. The third kappa shape index (κ3) is 2.79. The number of hydrogen-bond acceptors (Lipinski definition) is 3. The van der Waals surface area contributed by atoms with Crippen molar-refractivity contribution in [3.05, 3.63) is 0 Å². The van der Waals surface area contributed by atoms with Gasteiger partial charge in [-0.05, 0) is 20.8 Å². The number of rotatable bonds is 3. The second kappa shape index (κ2) is 4.00. The van der Waals surface area contributed by atoms with Gasteiger partial charge in [0, 0.05) is 6.21 Å². The quantitative estimate of drug-likeness (QED) is 0.350. The van der Waals surface area contributed by atoms with Crippen molar-refractivity contribution in [3.63, 3.8) is 0 Å². The summed E-state index contributed by atoms with van der Waals surface area (Å²) in [6, 6.07) is 0.165. The van der Waals surface area contributed by atoms with E-state index in [9.17, 15) is 0 Å². The van der Waals surface area contributed by atoms with Crippen LogP contribution in [0.15, 0.2) is 10.3 Å². The maximum Gasteiger partial charge on any atom is 0.0677 e. The van der Waals surface area contributed by atoms with Crippen LogP contribution in [0.1, 0.15) is 20.8 Å². The molecule has 0 fully saturated rings. The Morgan fingerprint density at radius 2 is 2.11 bits per heavy atom.